The minimum atomic E-state index is -4.45. The normalized spacial score (nSPS) is 10.8. The van der Waals surface area contributed by atoms with Crippen LogP contribution in [0.4, 0.5) is 4.79 Å². The van der Waals surface area contributed by atoms with Gasteiger partial charge < -0.3 is 9.47 Å². The van der Waals surface area contributed by atoms with Crippen molar-refractivity contribution in [2.24, 2.45) is 7.05 Å². The first-order chi connectivity index (χ1) is 11.6. The minimum absolute atomic E-state index is 0. The first kappa shape index (κ1) is 22.4. The summed E-state index contributed by atoms with van der Waals surface area (Å²) in [6.07, 6.45) is 0. The molecule has 2 aromatic rings. The summed E-state index contributed by atoms with van der Waals surface area (Å²) < 4.78 is 37.2. The average molecular weight is 414 g/mol. The predicted molar refractivity (Wildman–Crippen MR) is 92.7 cm³/mol. The van der Waals surface area contributed by atoms with E-state index in [2.05, 4.69) is 9.84 Å². The molecule has 0 saturated carbocycles. The van der Waals surface area contributed by atoms with Crippen LogP contribution in [-0.4, -0.2) is 78.5 Å². The standard InChI is InChI=1S/C12H14N4O7S2.Na.H/c1-6-8(7(5-24-6)9(17)22-3)25(20,21)14-10(18)16-12(19)15(2)11(13-16)23-4;;/h5H,1-4H3,(H,14,18);;. The Bertz CT molecular complexity index is 1010. The number of esters is 1. The van der Waals surface area contributed by atoms with Crippen molar-refractivity contribution < 1.29 is 27.5 Å². The molecule has 0 fully saturated rings. The van der Waals surface area contributed by atoms with E-state index in [-0.39, 0.29) is 46.0 Å². The number of rotatable bonds is 4. The summed E-state index contributed by atoms with van der Waals surface area (Å²) in [6, 6.07) is -1.50. The van der Waals surface area contributed by atoms with Gasteiger partial charge in [-0.1, -0.05) is 0 Å². The maximum absolute atomic E-state index is 12.5. The molecule has 0 saturated heterocycles. The molecule has 2 aromatic heterocycles. The van der Waals surface area contributed by atoms with Crippen molar-refractivity contribution in [1.29, 1.82) is 0 Å². The van der Waals surface area contributed by atoms with Crippen LogP contribution >= 0.6 is 11.3 Å². The first-order valence-corrected chi connectivity index (χ1v) is 8.94. The summed E-state index contributed by atoms with van der Waals surface area (Å²) in [6.45, 7) is 1.46. The van der Waals surface area contributed by atoms with Crippen molar-refractivity contribution in [2.75, 3.05) is 14.2 Å². The van der Waals surface area contributed by atoms with E-state index < -0.39 is 32.6 Å². The van der Waals surface area contributed by atoms with Crippen molar-refractivity contribution in [3.8, 4) is 6.01 Å². The van der Waals surface area contributed by atoms with Gasteiger partial charge in [0, 0.05) is 17.3 Å². The van der Waals surface area contributed by atoms with Crippen molar-refractivity contribution in [1.82, 2.24) is 19.1 Å². The van der Waals surface area contributed by atoms with Gasteiger partial charge in [-0.25, -0.2) is 32.1 Å². The van der Waals surface area contributed by atoms with Crippen molar-refractivity contribution in [2.45, 2.75) is 11.8 Å². The van der Waals surface area contributed by atoms with Gasteiger partial charge in [0.1, 0.15) is 4.90 Å². The quantitative estimate of drug-likeness (QED) is 0.499. The van der Waals surface area contributed by atoms with Crippen LogP contribution in [0, 0.1) is 6.92 Å². The number of aryl methyl sites for hydroxylation is 1. The summed E-state index contributed by atoms with van der Waals surface area (Å²) in [7, 11) is -0.816. The molecule has 14 heteroatoms. The Labute approximate surface area is 174 Å². The molecule has 2 heterocycles. The van der Waals surface area contributed by atoms with E-state index in [1.54, 1.807) is 4.72 Å². The number of thiophene rings is 1. The topological polar surface area (TPSA) is 139 Å². The van der Waals surface area contributed by atoms with Gasteiger partial charge in [0.25, 0.3) is 10.0 Å². The monoisotopic (exact) mass is 414 g/mol. The van der Waals surface area contributed by atoms with E-state index in [1.807, 2.05) is 0 Å². The number of amides is 1. The predicted octanol–water partition coefficient (Wildman–Crippen LogP) is -0.955. The summed E-state index contributed by atoms with van der Waals surface area (Å²) in [5.41, 5.74) is -1.11. The molecule has 11 nitrogen and oxygen atoms in total. The molecule has 0 aromatic carbocycles. The van der Waals surface area contributed by atoms with E-state index in [9.17, 15) is 22.8 Å². The Balaban J connectivity index is 0.00000338. The van der Waals surface area contributed by atoms with Crippen LogP contribution in [0.2, 0.25) is 0 Å². The Morgan fingerprint density at radius 1 is 1.31 bits per heavy atom. The van der Waals surface area contributed by atoms with Gasteiger partial charge in [-0.15, -0.1) is 21.1 Å². The fraction of sp³-hybridized carbons (Fsp3) is 0.333. The summed E-state index contributed by atoms with van der Waals surface area (Å²) in [4.78, 5) is 35.6. The van der Waals surface area contributed by atoms with Crippen molar-refractivity contribution in [3.63, 3.8) is 0 Å². The fourth-order valence-corrected chi connectivity index (χ4v) is 4.47. The third-order valence-electron chi connectivity index (χ3n) is 3.13. The molecule has 26 heavy (non-hydrogen) atoms. The van der Waals surface area contributed by atoms with Crippen LogP contribution < -0.4 is 15.1 Å². The van der Waals surface area contributed by atoms with Gasteiger partial charge in [-0.3, -0.25) is 0 Å². The molecule has 0 spiro atoms. The molecule has 0 aliphatic rings. The Kier molecular flexibility index (Phi) is 7.18. The van der Waals surface area contributed by atoms with Crippen LogP contribution in [0.5, 0.6) is 6.01 Å². The molecular formula is C12H15N4NaO7S2. The number of nitrogens with one attached hydrogen (secondary N) is 1. The van der Waals surface area contributed by atoms with Crippen LogP contribution in [-0.2, 0) is 21.8 Å². The van der Waals surface area contributed by atoms with Crippen LogP contribution in [0.15, 0.2) is 15.1 Å². The SMILES string of the molecule is COC(=O)c1csc(C)c1S(=O)(=O)NC(=O)n1nc(OC)n(C)c1=O.[NaH]. The zero-order valence-electron chi connectivity index (χ0n) is 13.6. The summed E-state index contributed by atoms with van der Waals surface area (Å²) in [5.74, 6) is -0.867. The molecule has 0 unspecified atom stereocenters. The summed E-state index contributed by atoms with van der Waals surface area (Å²) >= 11 is 0.998. The van der Waals surface area contributed by atoms with Gasteiger partial charge in [-0.05, 0) is 6.92 Å². The van der Waals surface area contributed by atoms with E-state index >= 15 is 0 Å². The molecule has 0 aliphatic heterocycles. The second-order valence-corrected chi connectivity index (χ2v) is 7.38. The van der Waals surface area contributed by atoms with Gasteiger partial charge >= 0.3 is 53.3 Å². The van der Waals surface area contributed by atoms with Gasteiger partial charge in [0.05, 0.1) is 19.8 Å². The summed E-state index contributed by atoms with van der Waals surface area (Å²) in [5, 5.41) is 4.87. The molecule has 138 valence electrons. The van der Waals surface area contributed by atoms with Gasteiger partial charge in [-0.2, -0.15) is 0 Å². The Morgan fingerprint density at radius 2 is 1.92 bits per heavy atom. The molecule has 1 N–H and O–H groups in total. The third kappa shape index (κ3) is 4.01. The molecule has 0 bridgehead atoms. The molecule has 0 radical (unpaired) electrons. The van der Waals surface area contributed by atoms with Crippen LogP contribution in [0.1, 0.15) is 15.2 Å². The maximum atomic E-state index is 12.5. The number of hydrogen-bond donors (Lipinski definition) is 1. The number of nitrogens with zero attached hydrogens (tertiary/aromatic N) is 3. The van der Waals surface area contributed by atoms with Crippen LogP contribution in [0.3, 0.4) is 0 Å². The molecule has 0 atom stereocenters. The van der Waals surface area contributed by atoms with Gasteiger partial charge in [0.15, 0.2) is 0 Å². The van der Waals surface area contributed by atoms with Gasteiger partial charge in [0.2, 0.25) is 0 Å². The number of aromatic nitrogens is 3. The molecular weight excluding hydrogens is 399 g/mol. The van der Waals surface area contributed by atoms with Crippen molar-refractivity contribution >= 4 is 62.9 Å². The zero-order valence-corrected chi connectivity index (χ0v) is 15.2. The Hall–Kier alpha value is -1.67. The van der Waals surface area contributed by atoms with Crippen LogP contribution in [0.25, 0.3) is 0 Å². The van der Waals surface area contributed by atoms with E-state index in [4.69, 9.17) is 4.74 Å². The number of carbonyl (C=O) groups excluding carboxylic acids is 2. The molecule has 0 aliphatic carbocycles. The molecule has 2 rings (SSSR count). The number of carbonyl (C=O) groups is 2. The van der Waals surface area contributed by atoms with E-state index in [0.717, 1.165) is 23.0 Å². The number of methoxy groups -OCH3 is 2. The van der Waals surface area contributed by atoms with Crippen molar-refractivity contribution in [3.05, 3.63) is 26.3 Å². The second kappa shape index (κ2) is 8.35. The third-order valence-corrected chi connectivity index (χ3v) is 5.68. The number of ether oxygens (including phenoxy) is 2. The zero-order chi connectivity index (χ0) is 18.9. The number of sulfonamides is 1. The average Bonchev–Trinajstić information content (AvgIpc) is 3.08. The number of hydrogen-bond acceptors (Lipinski definition) is 9. The second-order valence-electron chi connectivity index (χ2n) is 4.68. The molecule has 1 amide bonds. The van der Waals surface area contributed by atoms with E-state index in [0.29, 0.717) is 4.68 Å². The fourth-order valence-electron chi connectivity index (χ4n) is 1.97. The van der Waals surface area contributed by atoms with E-state index in [1.165, 1.54) is 26.5 Å². The first-order valence-electron chi connectivity index (χ1n) is 6.57. The Morgan fingerprint density at radius 3 is 2.42 bits per heavy atom.